The van der Waals surface area contributed by atoms with Crippen molar-refractivity contribution in [3.8, 4) is 0 Å². The topological polar surface area (TPSA) is 93.3 Å². The van der Waals surface area contributed by atoms with E-state index in [4.69, 9.17) is 0 Å². The zero-order chi connectivity index (χ0) is 18.9. The molecule has 28 heavy (non-hydrogen) atoms. The molecular weight excluding hydrogens is 354 g/mol. The summed E-state index contributed by atoms with van der Waals surface area (Å²) in [6.45, 7) is 5.64. The van der Waals surface area contributed by atoms with E-state index in [9.17, 15) is 0 Å². The van der Waals surface area contributed by atoms with Crippen LogP contribution in [0.5, 0.6) is 0 Å². The van der Waals surface area contributed by atoms with E-state index in [-0.39, 0.29) is 0 Å². The van der Waals surface area contributed by atoms with E-state index >= 15 is 0 Å². The third-order valence-electron chi connectivity index (χ3n) is 5.55. The third-order valence-corrected chi connectivity index (χ3v) is 5.55. The summed E-state index contributed by atoms with van der Waals surface area (Å²) in [6, 6.07) is 2.05. The minimum Gasteiger partial charge on any atom is -0.356 e. The smallest absolute Gasteiger partial charge is 0.153 e. The van der Waals surface area contributed by atoms with Crippen molar-refractivity contribution in [2.45, 2.75) is 38.8 Å². The Balaban J connectivity index is 1.33. The van der Waals surface area contributed by atoms with Gasteiger partial charge in [-0.2, -0.15) is 0 Å². The standard InChI is InChI=1S/C19H23N9/c1-2-28-16(11-26-10-7-20-13-26)24-25-18(28)14-4-8-27(9-5-14)19-15-3-6-21-17(15)22-12-23-19/h3,6-7,10,12-14H,2,4-5,8-9,11H2,1H3,(H,21,22,23). The van der Waals surface area contributed by atoms with E-state index in [0.717, 1.165) is 61.0 Å². The number of fused-ring (bicyclic) bond motifs is 1. The number of piperidine rings is 1. The average Bonchev–Trinajstić information content (AvgIpc) is 3.49. The molecular formula is C19H23N9. The van der Waals surface area contributed by atoms with Crippen LogP contribution in [-0.2, 0) is 13.1 Å². The second-order valence-electron chi connectivity index (χ2n) is 7.15. The molecule has 1 aliphatic rings. The molecule has 0 unspecified atom stereocenters. The van der Waals surface area contributed by atoms with E-state index in [1.165, 1.54) is 0 Å². The molecule has 1 N–H and O–H groups in total. The molecule has 0 atom stereocenters. The Morgan fingerprint density at radius 1 is 1.18 bits per heavy atom. The van der Waals surface area contributed by atoms with Crippen molar-refractivity contribution < 1.29 is 0 Å². The van der Waals surface area contributed by atoms with Crippen LogP contribution in [0, 0.1) is 0 Å². The highest BCUT2D eigenvalue weighted by Gasteiger charge is 2.27. The Labute approximate surface area is 162 Å². The summed E-state index contributed by atoms with van der Waals surface area (Å²) < 4.78 is 4.29. The number of anilines is 1. The predicted molar refractivity (Wildman–Crippen MR) is 105 cm³/mol. The Bertz CT molecular complexity index is 1050. The number of nitrogens with zero attached hydrogens (tertiary/aromatic N) is 8. The molecule has 5 rings (SSSR count). The highest BCUT2D eigenvalue weighted by Crippen LogP contribution is 2.31. The normalized spacial score (nSPS) is 15.5. The van der Waals surface area contributed by atoms with Gasteiger partial charge in [0.15, 0.2) is 5.82 Å². The fourth-order valence-electron chi connectivity index (χ4n) is 4.12. The lowest BCUT2D eigenvalue weighted by atomic mass is 9.95. The molecule has 5 heterocycles. The predicted octanol–water partition coefficient (Wildman–Crippen LogP) is 2.20. The Hall–Kier alpha value is -3.23. The molecule has 9 nitrogen and oxygen atoms in total. The van der Waals surface area contributed by atoms with Gasteiger partial charge in [-0.15, -0.1) is 10.2 Å². The molecule has 0 amide bonds. The van der Waals surface area contributed by atoms with Gasteiger partial charge >= 0.3 is 0 Å². The maximum absolute atomic E-state index is 4.56. The molecule has 0 bridgehead atoms. The van der Waals surface area contributed by atoms with E-state index in [1.807, 2.05) is 29.4 Å². The van der Waals surface area contributed by atoms with Gasteiger partial charge in [0.1, 0.15) is 23.6 Å². The second kappa shape index (κ2) is 7.06. The van der Waals surface area contributed by atoms with Crippen LogP contribution < -0.4 is 4.90 Å². The molecule has 1 fully saturated rings. The molecule has 144 valence electrons. The molecule has 0 saturated carbocycles. The zero-order valence-corrected chi connectivity index (χ0v) is 15.9. The lowest BCUT2D eigenvalue weighted by molar-refractivity contribution is 0.462. The molecule has 9 heteroatoms. The summed E-state index contributed by atoms with van der Waals surface area (Å²) in [5.41, 5.74) is 0.891. The fourth-order valence-corrected chi connectivity index (χ4v) is 4.12. The molecule has 0 aromatic carbocycles. The Morgan fingerprint density at radius 3 is 2.86 bits per heavy atom. The summed E-state index contributed by atoms with van der Waals surface area (Å²) in [4.78, 5) is 18.5. The van der Waals surface area contributed by atoms with Crippen LogP contribution in [0.2, 0.25) is 0 Å². The summed E-state index contributed by atoms with van der Waals surface area (Å²) >= 11 is 0. The highest BCUT2D eigenvalue weighted by atomic mass is 15.3. The number of H-pyrrole nitrogens is 1. The van der Waals surface area contributed by atoms with Gasteiger partial charge < -0.3 is 19.0 Å². The molecule has 0 radical (unpaired) electrons. The summed E-state index contributed by atoms with van der Waals surface area (Å²) in [5.74, 6) is 3.53. The fraction of sp³-hybridized carbons (Fsp3) is 0.421. The second-order valence-corrected chi connectivity index (χ2v) is 7.15. The van der Waals surface area contributed by atoms with Crippen molar-refractivity contribution >= 4 is 16.9 Å². The van der Waals surface area contributed by atoms with E-state index in [2.05, 4.69) is 46.5 Å². The number of hydrogen-bond donors (Lipinski definition) is 1. The van der Waals surface area contributed by atoms with Gasteiger partial charge in [0, 0.05) is 44.1 Å². The van der Waals surface area contributed by atoms with E-state index < -0.39 is 0 Å². The number of imidazole rings is 1. The van der Waals surface area contributed by atoms with Crippen molar-refractivity contribution in [3.05, 3.63) is 49.0 Å². The number of hydrogen-bond acceptors (Lipinski definition) is 6. The first-order chi connectivity index (χ1) is 13.8. The first-order valence-electron chi connectivity index (χ1n) is 9.74. The van der Waals surface area contributed by atoms with Gasteiger partial charge in [-0.25, -0.2) is 15.0 Å². The van der Waals surface area contributed by atoms with Crippen LogP contribution >= 0.6 is 0 Å². The molecule has 4 aromatic heterocycles. The van der Waals surface area contributed by atoms with Crippen LogP contribution in [0.25, 0.3) is 11.0 Å². The Morgan fingerprint density at radius 2 is 2.07 bits per heavy atom. The largest absolute Gasteiger partial charge is 0.356 e. The van der Waals surface area contributed by atoms with Gasteiger partial charge in [-0.1, -0.05) is 0 Å². The van der Waals surface area contributed by atoms with Gasteiger partial charge in [0.2, 0.25) is 0 Å². The maximum Gasteiger partial charge on any atom is 0.153 e. The van der Waals surface area contributed by atoms with Crippen molar-refractivity contribution in [3.63, 3.8) is 0 Å². The monoisotopic (exact) mass is 377 g/mol. The first kappa shape index (κ1) is 16.9. The lowest BCUT2D eigenvalue weighted by Crippen LogP contribution is -2.34. The number of nitrogens with one attached hydrogen (secondary N) is 1. The van der Waals surface area contributed by atoms with Crippen LogP contribution in [-0.4, -0.2) is 52.4 Å². The maximum atomic E-state index is 4.56. The number of aromatic nitrogens is 8. The van der Waals surface area contributed by atoms with Gasteiger partial charge in [0.25, 0.3) is 0 Å². The van der Waals surface area contributed by atoms with Crippen LogP contribution in [0.3, 0.4) is 0 Å². The first-order valence-corrected chi connectivity index (χ1v) is 9.74. The molecule has 1 aliphatic heterocycles. The summed E-state index contributed by atoms with van der Waals surface area (Å²) in [7, 11) is 0. The van der Waals surface area contributed by atoms with Gasteiger partial charge in [-0.05, 0) is 25.8 Å². The quantitative estimate of drug-likeness (QED) is 0.573. The number of aromatic amines is 1. The van der Waals surface area contributed by atoms with Gasteiger partial charge in [-0.3, -0.25) is 0 Å². The molecule has 1 saturated heterocycles. The number of rotatable bonds is 5. The molecule has 4 aromatic rings. The highest BCUT2D eigenvalue weighted by molar-refractivity contribution is 5.87. The lowest BCUT2D eigenvalue weighted by Gasteiger charge is -2.32. The van der Waals surface area contributed by atoms with Crippen molar-refractivity contribution in [2.75, 3.05) is 18.0 Å². The third kappa shape index (κ3) is 2.92. The zero-order valence-electron chi connectivity index (χ0n) is 15.9. The molecule has 0 aliphatic carbocycles. The van der Waals surface area contributed by atoms with Crippen molar-refractivity contribution in [1.29, 1.82) is 0 Å². The average molecular weight is 377 g/mol. The van der Waals surface area contributed by atoms with E-state index in [1.54, 1.807) is 12.5 Å². The molecule has 0 spiro atoms. The minimum atomic E-state index is 0.420. The Kier molecular flexibility index (Phi) is 4.27. The van der Waals surface area contributed by atoms with Crippen LogP contribution in [0.4, 0.5) is 5.82 Å². The van der Waals surface area contributed by atoms with Gasteiger partial charge in [0.05, 0.1) is 18.3 Å². The minimum absolute atomic E-state index is 0.420. The summed E-state index contributed by atoms with van der Waals surface area (Å²) in [5, 5.41) is 10.1. The van der Waals surface area contributed by atoms with Crippen molar-refractivity contribution in [1.82, 2.24) is 39.3 Å². The van der Waals surface area contributed by atoms with E-state index in [0.29, 0.717) is 12.5 Å². The SMILES string of the molecule is CCn1c(Cn2ccnc2)nnc1C1CCN(c2ncnc3[nH]ccc23)CC1. The van der Waals surface area contributed by atoms with Crippen LogP contribution in [0.1, 0.15) is 37.3 Å². The van der Waals surface area contributed by atoms with Crippen molar-refractivity contribution in [2.24, 2.45) is 0 Å². The van der Waals surface area contributed by atoms with Crippen LogP contribution in [0.15, 0.2) is 37.3 Å². The summed E-state index contributed by atoms with van der Waals surface area (Å²) in [6.07, 6.45) is 11.2.